The summed E-state index contributed by atoms with van der Waals surface area (Å²) in [6.07, 6.45) is 1.25. The summed E-state index contributed by atoms with van der Waals surface area (Å²) in [6.45, 7) is 0.186. The van der Waals surface area contributed by atoms with Crippen LogP contribution in [0.2, 0.25) is 0 Å². The van der Waals surface area contributed by atoms with E-state index in [2.05, 4.69) is 0 Å². The second-order valence-electron chi connectivity index (χ2n) is 5.33. The fourth-order valence-electron chi connectivity index (χ4n) is 2.99. The minimum absolute atomic E-state index is 0.186. The van der Waals surface area contributed by atoms with Crippen LogP contribution in [0, 0.1) is 0 Å². The van der Waals surface area contributed by atoms with Crippen LogP contribution in [-0.4, -0.2) is 17.9 Å². The van der Waals surface area contributed by atoms with Gasteiger partial charge in [0.1, 0.15) is 6.10 Å². The molecule has 0 bridgehead atoms. The Morgan fingerprint density at radius 1 is 1.09 bits per heavy atom. The van der Waals surface area contributed by atoms with Gasteiger partial charge >= 0.3 is 5.97 Å². The van der Waals surface area contributed by atoms with Crippen LogP contribution in [0.4, 0.5) is 0 Å². The van der Waals surface area contributed by atoms with Gasteiger partial charge in [0.2, 0.25) is 12.5 Å². The molecule has 112 valence electrons. The Bertz CT molecular complexity index is 753. The normalized spacial score (nSPS) is 18.5. The number of carboxylic acids is 1. The quantitative estimate of drug-likeness (QED) is 0.922. The first kappa shape index (κ1) is 13.0. The average molecular weight is 298 g/mol. The van der Waals surface area contributed by atoms with Crippen LogP contribution in [0.15, 0.2) is 36.4 Å². The number of aryl methyl sites for hydroxylation is 1. The van der Waals surface area contributed by atoms with Crippen LogP contribution in [0.3, 0.4) is 0 Å². The van der Waals surface area contributed by atoms with Crippen LogP contribution in [0.5, 0.6) is 17.2 Å². The smallest absolute Gasteiger partial charge is 0.336 e. The summed E-state index contributed by atoms with van der Waals surface area (Å²) in [5, 5.41) is 9.35. The monoisotopic (exact) mass is 298 g/mol. The van der Waals surface area contributed by atoms with E-state index in [9.17, 15) is 9.90 Å². The Balaban J connectivity index is 1.74. The number of hydrogen-bond donors (Lipinski definition) is 1. The van der Waals surface area contributed by atoms with E-state index in [1.165, 1.54) is 0 Å². The van der Waals surface area contributed by atoms with Gasteiger partial charge in [0.05, 0.1) is 5.56 Å². The zero-order chi connectivity index (χ0) is 15.1. The van der Waals surface area contributed by atoms with Crippen molar-refractivity contribution in [1.82, 2.24) is 0 Å². The molecule has 2 aromatic carbocycles. The topological polar surface area (TPSA) is 65.0 Å². The second-order valence-corrected chi connectivity index (χ2v) is 5.33. The minimum Gasteiger partial charge on any atom is -0.481 e. The van der Waals surface area contributed by atoms with E-state index >= 15 is 0 Å². The first-order valence-corrected chi connectivity index (χ1v) is 7.14. The van der Waals surface area contributed by atoms with Crippen molar-refractivity contribution in [1.29, 1.82) is 0 Å². The van der Waals surface area contributed by atoms with Gasteiger partial charge in [0.25, 0.3) is 0 Å². The van der Waals surface area contributed by atoms with Gasteiger partial charge in [-0.1, -0.05) is 24.3 Å². The molecule has 2 aliphatic heterocycles. The van der Waals surface area contributed by atoms with Crippen molar-refractivity contribution < 1.29 is 24.1 Å². The fraction of sp³-hybridized carbons (Fsp3) is 0.235. The lowest BCUT2D eigenvalue weighted by Crippen LogP contribution is -2.18. The Morgan fingerprint density at radius 2 is 1.95 bits per heavy atom. The maximum atomic E-state index is 11.4. The summed E-state index contributed by atoms with van der Waals surface area (Å²) in [5.74, 6) is 1.02. The molecule has 5 nitrogen and oxygen atoms in total. The van der Waals surface area contributed by atoms with Crippen molar-refractivity contribution in [3.63, 3.8) is 0 Å². The molecule has 5 heteroatoms. The molecular formula is C17H14O5. The molecule has 4 rings (SSSR count). The van der Waals surface area contributed by atoms with E-state index < -0.39 is 5.97 Å². The molecule has 0 fully saturated rings. The van der Waals surface area contributed by atoms with Gasteiger partial charge < -0.3 is 19.3 Å². The predicted octanol–water partition coefficient (Wildman–Crippen LogP) is 3.18. The molecule has 0 saturated heterocycles. The Hall–Kier alpha value is -2.69. The highest BCUT2D eigenvalue weighted by Gasteiger charge is 2.30. The third kappa shape index (κ3) is 1.97. The van der Waals surface area contributed by atoms with E-state index in [0.29, 0.717) is 22.8 Å². The van der Waals surface area contributed by atoms with E-state index in [0.717, 1.165) is 18.4 Å². The van der Waals surface area contributed by atoms with Crippen LogP contribution >= 0.6 is 0 Å². The molecule has 0 saturated carbocycles. The molecule has 2 aliphatic rings. The van der Waals surface area contributed by atoms with Crippen molar-refractivity contribution in [3.05, 3.63) is 53.1 Å². The molecule has 1 atom stereocenters. The first-order valence-electron chi connectivity index (χ1n) is 7.14. The molecular weight excluding hydrogens is 284 g/mol. The third-order valence-electron chi connectivity index (χ3n) is 4.05. The average Bonchev–Trinajstić information content (AvgIpc) is 3.03. The van der Waals surface area contributed by atoms with Gasteiger partial charge in [-0.25, -0.2) is 4.79 Å². The van der Waals surface area contributed by atoms with Crippen molar-refractivity contribution in [3.8, 4) is 17.2 Å². The number of fused-ring (bicyclic) bond motifs is 3. The van der Waals surface area contributed by atoms with Gasteiger partial charge in [-0.2, -0.15) is 0 Å². The summed E-state index contributed by atoms with van der Waals surface area (Å²) in [4.78, 5) is 11.4. The van der Waals surface area contributed by atoms with Gasteiger partial charge in [-0.05, 0) is 30.5 Å². The van der Waals surface area contributed by atoms with Crippen molar-refractivity contribution in [2.45, 2.75) is 18.9 Å². The Labute approximate surface area is 127 Å². The van der Waals surface area contributed by atoms with E-state index in [4.69, 9.17) is 14.2 Å². The largest absolute Gasteiger partial charge is 0.481 e. The van der Waals surface area contributed by atoms with Gasteiger partial charge in [-0.3, -0.25) is 0 Å². The summed E-state index contributed by atoms with van der Waals surface area (Å²) in [6, 6.07) is 10.8. The lowest BCUT2D eigenvalue weighted by Gasteiger charge is -2.27. The number of rotatable bonds is 2. The zero-order valence-electron chi connectivity index (χ0n) is 11.7. The maximum Gasteiger partial charge on any atom is 0.336 e. The third-order valence-corrected chi connectivity index (χ3v) is 4.05. The number of hydrogen-bond acceptors (Lipinski definition) is 4. The van der Waals surface area contributed by atoms with E-state index in [1.54, 1.807) is 18.2 Å². The van der Waals surface area contributed by atoms with Crippen LogP contribution in [0.25, 0.3) is 0 Å². The predicted molar refractivity (Wildman–Crippen MR) is 77.7 cm³/mol. The molecule has 0 spiro atoms. The lowest BCUT2D eigenvalue weighted by atomic mass is 9.94. The molecule has 0 radical (unpaired) electrons. The van der Waals surface area contributed by atoms with Crippen molar-refractivity contribution in [2.24, 2.45) is 0 Å². The van der Waals surface area contributed by atoms with Gasteiger partial charge in [0, 0.05) is 5.56 Å². The second kappa shape index (κ2) is 4.94. The molecule has 0 aliphatic carbocycles. The number of carboxylic acid groups (broad SMARTS) is 1. The fourth-order valence-corrected chi connectivity index (χ4v) is 2.99. The SMILES string of the molecule is O=C(O)c1ccccc1C1CCc2ccc3c(c2O1)OCO3. The highest BCUT2D eigenvalue weighted by molar-refractivity contribution is 5.89. The standard InChI is InChI=1S/C17H14O5/c18-17(19)12-4-2-1-3-11(12)13-7-5-10-6-8-14-16(15(10)22-13)21-9-20-14/h1-4,6,8,13H,5,7,9H2,(H,18,19). The lowest BCUT2D eigenvalue weighted by molar-refractivity contribution is 0.0689. The summed E-state index contributed by atoms with van der Waals surface area (Å²) >= 11 is 0. The molecule has 1 unspecified atom stereocenters. The number of carbonyl (C=O) groups is 1. The van der Waals surface area contributed by atoms with Crippen molar-refractivity contribution in [2.75, 3.05) is 6.79 Å². The summed E-state index contributed by atoms with van der Waals surface area (Å²) < 4.78 is 16.9. The molecule has 22 heavy (non-hydrogen) atoms. The van der Waals surface area contributed by atoms with E-state index in [1.807, 2.05) is 18.2 Å². The molecule has 1 N–H and O–H groups in total. The van der Waals surface area contributed by atoms with Crippen LogP contribution < -0.4 is 14.2 Å². The summed E-state index contributed by atoms with van der Waals surface area (Å²) in [7, 11) is 0. The van der Waals surface area contributed by atoms with Gasteiger partial charge in [0.15, 0.2) is 11.5 Å². The number of ether oxygens (including phenoxy) is 3. The van der Waals surface area contributed by atoms with Crippen LogP contribution in [-0.2, 0) is 6.42 Å². The molecule has 2 heterocycles. The van der Waals surface area contributed by atoms with Gasteiger partial charge in [-0.15, -0.1) is 0 Å². The first-order chi connectivity index (χ1) is 10.7. The van der Waals surface area contributed by atoms with Crippen LogP contribution in [0.1, 0.15) is 34.0 Å². The maximum absolute atomic E-state index is 11.4. The summed E-state index contributed by atoms with van der Waals surface area (Å²) in [5.41, 5.74) is 2.03. The number of benzene rings is 2. The molecule has 0 amide bonds. The van der Waals surface area contributed by atoms with Crippen molar-refractivity contribution >= 4 is 5.97 Å². The Morgan fingerprint density at radius 3 is 2.82 bits per heavy atom. The minimum atomic E-state index is -0.942. The Kier molecular flexibility index (Phi) is 2.92. The molecule has 2 aromatic rings. The highest BCUT2D eigenvalue weighted by Crippen LogP contribution is 2.48. The van der Waals surface area contributed by atoms with E-state index in [-0.39, 0.29) is 18.5 Å². The number of aromatic carboxylic acids is 1. The highest BCUT2D eigenvalue weighted by atomic mass is 16.7. The molecule has 0 aromatic heterocycles. The zero-order valence-corrected chi connectivity index (χ0v) is 11.7.